The van der Waals surface area contributed by atoms with Crippen molar-refractivity contribution in [1.29, 1.82) is 0 Å². The molecular weight excluding hydrogens is 487 g/mol. The van der Waals surface area contributed by atoms with Gasteiger partial charge in [-0.15, -0.1) is 35.6 Å². The highest BCUT2D eigenvalue weighted by Crippen LogP contribution is 2.19. The lowest BCUT2D eigenvalue weighted by molar-refractivity contribution is 0.0322. The SMILES string of the molecule is Cl.O=C(Nc1ccc(OCCN2CCOCC2)cc1)Nc1ccc(N(CCCl)CCCl)cc1. The van der Waals surface area contributed by atoms with Gasteiger partial charge in [0.25, 0.3) is 0 Å². The molecule has 1 saturated heterocycles. The predicted molar refractivity (Wildman–Crippen MR) is 139 cm³/mol. The Hall–Kier alpha value is -1.90. The van der Waals surface area contributed by atoms with Gasteiger partial charge in [0, 0.05) is 61.5 Å². The van der Waals surface area contributed by atoms with Crippen LogP contribution < -0.4 is 20.3 Å². The first-order valence-electron chi connectivity index (χ1n) is 10.8. The van der Waals surface area contributed by atoms with Crippen molar-refractivity contribution in [1.82, 2.24) is 4.90 Å². The van der Waals surface area contributed by atoms with Crippen LogP contribution in [0.3, 0.4) is 0 Å². The van der Waals surface area contributed by atoms with Crippen molar-refractivity contribution < 1.29 is 14.3 Å². The van der Waals surface area contributed by atoms with Gasteiger partial charge in [-0.2, -0.15) is 0 Å². The third-order valence-electron chi connectivity index (χ3n) is 5.09. The molecule has 0 atom stereocenters. The van der Waals surface area contributed by atoms with Crippen molar-refractivity contribution in [3.63, 3.8) is 0 Å². The van der Waals surface area contributed by atoms with Gasteiger partial charge >= 0.3 is 6.03 Å². The lowest BCUT2D eigenvalue weighted by atomic mass is 10.2. The standard InChI is InChI=1S/C23H30Cl2N4O3.ClH/c24-9-11-29(12-10-25)21-5-1-19(2-6-21)26-23(30)27-20-3-7-22(8-4-20)32-18-15-28-13-16-31-17-14-28;/h1-8H,9-18H2,(H2,26,27,30);1H. The Morgan fingerprint density at radius 3 is 2.03 bits per heavy atom. The number of alkyl halides is 2. The first-order valence-corrected chi connectivity index (χ1v) is 11.8. The highest BCUT2D eigenvalue weighted by molar-refractivity contribution is 6.18. The molecule has 1 heterocycles. The summed E-state index contributed by atoms with van der Waals surface area (Å²) in [5, 5.41) is 5.67. The summed E-state index contributed by atoms with van der Waals surface area (Å²) in [7, 11) is 0. The average molecular weight is 518 g/mol. The molecule has 3 rings (SSSR count). The lowest BCUT2D eigenvalue weighted by Gasteiger charge is -2.26. The molecule has 0 aliphatic carbocycles. The minimum Gasteiger partial charge on any atom is -0.492 e. The number of nitrogens with zero attached hydrogens (tertiary/aromatic N) is 2. The summed E-state index contributed by atoms with van der Waals surface area (Å²) in [6.45, 7) is 6.39. The zero-order chi connectivity index (χ0) is 22.6. The van der Waals surface area contributed by atoms with Crippen molar-refractivity contribution in [2.45, 2.75) is 0 Å². The Balaban J connectivity index is 0.00000385. The molecule has 1 aliphatic rings. The van der Waals surface area contributed by atoms with E-state index in [-0.39, 0.29) is 18.4 Å². The number of carbonyl (C=O) groups excluding carboxylic acids is 1. The fraction of sp³-hybridized carbons (Fsp3) is 0.435. The molecule has 10 heteroatoms. The number of rotatable bonds is 11. The van der Waals surface area contributed by atoms with Gasteiger partial charge in [0.2, 0.25) is 0 Å². The molecule has 2 amide bonds. The number of hydrogen-bond acceptors (Lipinski definition) is 5. The van der Waals surface area contributed by atoms with E-state index < -0.39 is 0 Å². The van der Waals surface area contributed by atoms with Gasteiger partial charge in [-0.05, 0) is 48.5 Å². The van der Waals surface area contributed by atoms with Crippen LogP contribution in [0, 0.1) is 0 Å². The Morgan fingerprint density at radius 2 is 1.48 bits per heavy atom. The average Bonchev–Trinajstić information content (AvgIpc) is 2.81. The number of hydrogen-bond donors (Lipinski definition) is 2. The number of amides is 2. The molecule has 2 aromatic carbocycles. The molecule has 0 bridgehead atoms. The Kier molecular flexibility index (Phi) is 12.5. The van der Waals surface area contributed by atoms with Crippen LogP contribution >= 0.6 is 35.6 Å². The fourth-order valence-electron chi connectivity index (χ4n) is 3.37. The van der Waals surface area contributed by atoms with Crippen LogP contribution in [0.5, 0.6) is 5.75 Å². The fourth-order valence-corrected chi connectivity index (χ4v) is 3.78. The van der Waals surface area contributed by atoms with E-state index in [0.29, 0.717) is 42.8 Å². The van der Waals surface area contributed by atoms with Crippen molar-refractivity contribution in [2.24, 2.45) is 0 Å². The predicted octanol–water partition coefficient (Wildman–Crippen LogP) is 4.75. The monoisotopic (exact) mass is 516 g/mol. The third-order valence-corrected chi connectivity index (χ3v) is 5.43. The summed E-state index contributed by atoms with van der Waals surface area (Å²) >= 11 is 11.7. The van der Waals surface area contributed by atoms with Gasteiger partial charge in [-0.1, -0.05) is 0 Å². The van der Waals surface area contributed by atoms with E-state index in [2.05, 4.69) is 20.4 Å². The second-order valence-corrected chi connectivity index (χ2v) is 8.07. The number of anilines is 3. The second kappa shape index (κ2) is 15.1. The van der Waals surface area contributed by atoms with Gasteiger partial charge < -0.3 is 25.0 Å². The van der Waals surface area contributed by atoms with Gasteiger partial charge in [-0.25, -0.2) is 4.79 Å². The van der Waals surface area contributed by atoms with E-state index in [1.165, 1.54) is 0 Å². The highest BCUT2D eigenvalue weighted by Gasteiger charge is 2.10. The summed E-state index contributed by atoms with van der Waals surface area (Å²) in [5.74, 6) is 1.83. The van der Waals surface area contributed by atoms with Gasteiger partial charge in [0.15, 0.2) is 0 Å². The molecule has 1 fully saturated rings. The van der Waals surface area contributed by atoms with Gasteiger partial charge in [-0.3, -0.25) is 4.90 Å². The number of nitrogens with one attached hydrogen (secondary N) is 2. The number of urea groups is 1. The van der Waals surface area contributed by atoms with Crippen LogP contribution in [-0.4, -0.2) is 75.2 Å². The van der Waals surface area contributed by atoms with Crippen molar-refractivity contribution in [3.05, 3.63) is 48.5 Å². The van der Waals surface area contributed by atoms with Crippen LogP contribution in [-0.2, 0) is 4.74 Å². The van der Waals surface area contributed by atoms with Crippen LogP contribution in [0.25, 0.3) is 0 Å². The highest BCUT2D eigenvalue weighted by atomic mass is 35.5. The summed E-state index contributed by atoms with van der Waals surface area (Å²) in [5.41, 5.74) is 2.41. The van der Waals surface area contributed by atoms with Gasteiger partial charge in [0.05, 0.1) is 13.2 Å². The van der Waals surface area contributed by atoms with Gasteiger partial charge in [0.1, 0.15) is 12.4 Å². The summed E-state index contributed by atoms with van der Waals surface area (Å²) in [6, 6.07) is 14.6. The summed E-state index contributed by atoms with van der Waals surface area (Å²) in [4.78, 5) is 16.8. The third kappa shape index (κ3) is 9.47. The van der Waals surface area contributed by atoms with Crippen LogP contribution in [0.1, 0.15) is 0 Å². The normalized spacial score (nSPS) is 13.6. The van der Waals surface area contributed by atoms with E-state index in [0.717, 1.165) is 44.3 Å². The van der Waals surface area contributed by atoms with Crippen molar-refractivity contribution >= 4 is 58.7 Å². The molecule has 182 valence electrons. The Bertz CT molecular complexity index is 813. The van der Waals surface area contributed by atoms with Crippen molar-refractivity contribution in [3.8, 4) is 5.75 Å². The molecule has 0 saturated carbocycles. The van der Waals surface area contributed by atoms with Crippen LogP contribution in [0.4, 0.5) is 21.9 Å². The quantitative estimate of drug-likeness (QED) is 0.421. The molecule has 0 spiro atoms. The van der Waals surface area contributed by atoms with E-state index in [1.807, 2.05) is 48.5 Å². The molecule has 1 aliphatic heterocycles. The lowest BCUT2D eigenvalue weighted by Crippen LogP contribution is -2.38. The number of halogens is 3. The largest absolute Gasteiger partial charge is 0.492 e. The van der Waals surface area contributed by atoms with E-state index >= 15 is 0 Å². The molecule has 33 heavy (non-hydrogen) atoms. The Labute approximate surface area is 211 Å². The zero-order valence-electron chi connectivity index (χ0n) is 18.5. The smallest absolute Gasteiger partial charge is 0.323 e. The number of ether oxygens (including phenoxy) is 2. The zero-order valence-corrected chi connectivity index (χ0v) is 20.8. The van der Waals surface area contributed by atoms with Crippen molar-refractivity contribution in [2.75, 3.05) is 79.8 Å². The molecule has 0 aromatic heterocycles. The maximum atomic E-state index is 12.3. The number of morpholine rings is 1. The summed E-state index contributed by atoms with van der Waals surface area (Å²) in [6.07, 6.45) is 0. The molecule has 2 aromatic rings. The minimum atomic E-state index is -0.308. The minimum absolute atomic E-state index is 0. The molecule has 0 unspecified atom stereocenters. The maximum Gasteiger partial charge on any atom is 0.323 e. The first-order chi connectivity index (χ1) is 15.7. The maximum absolute atomic E-state index is 12.3. The molecule has 0 radical (unpaired) electrons. The van der Waals surface area contributed by atoms with Crippen LogP contribution in [0.15, 0.2) is 48.5 Å². The molecule has 2 N–H and O–H groups in total. The van der Waals surface area contributed by atoms with Crippen LogP contribution in [0.2, 0.25) is 0 Å². The number of carbonyl (C=O) groups is 1. The number of benzene rings is 2. The van der Waals surface area contributed by atoms with E-state index in [9.17, 15) is 4.79 Å². The molecule has 7 nitrogen and oxygen atoms in total. The molecular formula is C23H31Cl3N4O3. The second-order valence-electron chi connectivity index (χ2n) is 7.32. The first kappa shape index (κ1) is 27.3. The topological polar surface area (TPSA) is 66.1 Å². The summed E-state index contributed by atoms with van der Waals surface area (Å²) < 4.78 is 11.1. The Morgan fingerprint density at radius 1 is 0.939 bits per heavy atom. The van der Waals surface area contributed by atoms with E-state index in [4.69, 9.17) is 32.7 Å². The van der Waals surface area contributed by atoms with E-state index in [1.54, 1.807) is 0 Å².